The van der Waals surface area contributed by atoms with Crippen molar-refractivity contribution >= 4 is 43.8 Å². The molecule has 28 heavy (non-hydrogen) atoms. The number of carbonyl (C=O) groups excluding carboxylic acids is 1. The molecule has 1 aromatic carbocycles. The summed E-state index contributed by atoms with van der Waals surface area (Å²) in [7, 11) is -3.32. The third kappa shape index (κ3) is 3.72. The Balaban J connectivity index is 1.62. The molecule has 146 valence electrons. The predicted molar refractivity (Wildman–Crippen MR) is 110 cm³/mol. The van der Waals surface area contributed by atoms with Crippen LogP contribution >= 0.6 is 11.3 Å². The van der Waals surface area contributed by atoms with Gasteiger partial charge in [0.25, 0.3) is 5.91 Å². The molecule has 4 rings (SSSR count). The van der Waals surface area contributed by atoms with E-state index in [4.69, 9.17) is 0 Å². The number of thiophene rings is 1. The molecule has 1 amide bonds. The monoisotopic (exact) mass is 416 g/mol. The van der Waals surface area contributed by atoms with Crippen LogP contribution in [-0.4, -0.2) is 61.6 Å². The quantitative estimate of drug-likeness (QED) is 0.652. The average Bonchev–Trinajstić information content (AvgIpc) is 3.11. The average molecular weight is 417 g/mol. The second kappa shape index (κ2) is 7.48. The molecule has 3 heterocycles. The number of amides is 1. The van der Waals surface area contributed by atoms with Crippen molar-refractivity contribution in [2.45, 2.75) is 11.3 Å². The Labute approximate surface area is 167 Å². The number of carbonyl (C=O) groups is 1. The van der Waals surface area contributed by atoms with Gasteiger partial charge in [0, 0.05) is 43.2 Å². The lowest BCUT2D eigenvalue weighted by Gasteiger charge is -2.23. The molecule has 0 spiro atoms. The van der Waals surface area contributed by atoms with Gasteiger partial charge in [0.15, 0.2) is 9.84 Å². The van der Waals surface area contributed by atoms with Crippen molar-refractivity contribution in [3.05, 3.63) is 46.9 Å². The molecule has 9 heteroatoms. The summed E-state index contributed by atoms with van der Waals surface area (Å²) in [6.45, 7) is 2.64. The summed E-state index contributed by atoms with van der Waals surface area (Å²) < 4.78 is 23.9. The Kier molecular flexibility index (Phi) is 5.03. The molecule has 1 fully saturated rings. The van der Waals surface area contributed by atoms with E-state index in [1.807, 2.05) is 21.7 Å². The first-order chi connectivity index (χ1) is 13.4. The van der Waals surface area contributed by atoms with Crippen LogP contribution in [0.3, 0.4) is 0 Å². The molecule has 0 atom stereocenters. The minimum absolute atomic E-state index is 0.0509. The SMILES string of the molecule is CS(=O)(=O)c1ccc2ncnc(N3CCCN(C(=O)c4ccsc4)CC3)c2c1. The zero-order chi connectivity index (χ0) is 19.7. The highest BCUT2D eigenvalue weighted by molar-refractivity contribution is 7.90. The molecule has 2 aromatic heterocycles. The first-order valence-corrected chi connectivity index (χ1v) is 11.8. The van der Waals surface area contributed by atoms with Gasteiger partial charge in [0.2, 0.25) is 0 Å². The Morgan fingerprint density at radius 2 is 1.96 bits per heavy atom. The zero-order valence-corrected chi connectivity index (χ0v) is 17.0. The fourth-order valence-corrected chi connectivity index (χ4v) is 4.68. The molecule has 1 saturated heterocycles. The summed E-state index contributed by atoms with van der Waals surface area (Å²) in [4.78, 5) is 25.6. The van der Waals surface area contributed by atoms with Gasteiger partial charge in [-0.2, -0.15) is 11.3 Å². The minimum atomic E-state index is -3.32. The highest BCUT2D eigenvalue weighted by Crippen LogP contribution is 2.26. The lowest BCUT2D eigenvalue weighted by molar-refractivity contribution is 0.0767. The maximum atomic E-state index is 12.6. The van der Waals surface area contributed by atoms with Crippen molar-refractivity contribution in [2.24, 2.45) is 0 Å². The Morgan fingerprint density at radius 3 is 2.71 bits per heavy atom. The second-order valence-electron chi connectivity index (χ2n) is 6.79. The molecule has 0 aliphatic carbocycles. The van der Waals surface area contributed by atoms with E-state index in [0.717, 1.165) is 18.5 Å². The Morgan fingerprint density at radius 1 is 1.11 bits per heavy atom. The summed E-state index contributed by atoms with van der Waals surface area (Å²) >= 11 is 1.52. The largest absolute Gasteiger partial charge is 0.354 e. The number of benzene rings is 1. The van der Waals surface area contributed by atoms with E-state index in [1.165, 1.54) is 23.9 Å². The van der Waals surface area contributed by atoms with Crippen LogP contribution in [0.5, 0.6) is 0 Å². The van der Waals surface area contributed by atoms with Gasteiger partial charge >= 0.3 is 0 Å². The molecule has 7 nitrogen and oxygen atoms in total. The number of sulfone groups is 1. The Bertz CT molecular complexity index is 1110. The summed E-state index contributed by atoms with van der Waals surface area (Å²) in [5.41, 5.74) is 1.43. The van der Waals surface area contributed by atoms with E-state index in [1.54, 1.807) is 18.2 Å². The van der Waals surface area contributed by atoms with Crippen molar-refractivity contribution < 1.29 is 13.2 Å². The molecule has 0 radical (unpaired) electrons. The number of anilines is 1. The van der Waals surface area contributed by atoms with Gasteiger partial charge < -0.3 is 9.80 Å². The summed E-state index contributed by atoms with van der Waals surface area (Å²) in [6, 6.07) is 6.76. The maximum Gasteiger partial charge on any atom is 0.254 e. The smallest absolute Gasteiger partial charge is 0.254 e. The molecule has 3 aromatic rings. The highest BCUT2D eigenvalue weighted by atomic mass is 32.2. The number of hydrogen-bond donors (Lipinski definition) is 0. The third-order valence-corrected chi connectivity index (χ3v) is 6.66. The lowest BCUT2D eigenvalue weighted by Crippen LogP contribution is -2.35. The van der Waals surface area contributed by atoms with Crippen LogP contribution in [0, 0.1) is 0 Å². The molecular formula is C19H20N4O3S2. The van der Waals surface area contributed by atoms with E-state index in [2.05, 4.69) is 14.9 Å². The summed E-state index contributed by atoms with van der Waals surface area (Å²) in [6.07, 6.45) is 3.50. The van der Waals surface area contributed by atoms with Crippen molar-refractivity contribution in [3.8, 4) is 0 Å². The molecule has 0 bridgehead atoms. The number of aromatic nitrogens is 2. The predicted octanol–water partition coefficient (Wildman–Crippen LogP) is 2.45. The Hall–Kier alpha value is -2.52. The zero-order valence-electron chi connectivity index (χ0n) is 15.4. The van der Waals surface area contributed by atoms with Gasteiger partial charge in [-0.15, -0.1) is 0 Å². The number of nitrogens with zero attached hydrogens (tertiary/aromatic N) is 4. The maximum absolute atomic E-state index is 12.6. The number of fused-ring (bicyclic) bond motifs is 1. The van der Waals surface area contributed by atoms with Gasteiger partial charge in [0.1, 0.15) is 12.1 Å². The summed E-state index contributed by atoms with van der Waals surface area (Å²) in [5.74, 6) is 0.760. The minimum Gasteiger partial charge on any atom is -0.354 e. The van der Waals surface area contributed by atoms with Crippen molar-refractivity contribution in [3.63, 3.8) is 0 Å². The van der Waals surface area contributed by atoms with Crippen molar-refractivity contribution in [1.82, 2.24) is 14.9 Å². The van der Waals surface area contributed by atoms with Gasteiger partial charge in [-0.1, -0.05) is 0 Å². The van der Waals surface area contributed by atoms with Gasteiger partial charge in [-0.05, 0) is 36.1 Å². The van der Waals surface area contributed by atoms with Crippen LogP contribution in [0.1, 0.15) is 16.8 Å². The topological polar surface area (TPSA) is 83.5 Å². The highest BCUT2D eigenvalue weighted by Gasteiger charge is 2.22. The molecular weight excluding hydrogens is 396 g/mol. The fourth-order valence-electron chi connectivity index (χ4n) is 3.41. The van der Waals surface area contributed by atoms with Gasteiger partial charge in [-0.3, -0.25) is 4.79 Å². The molecule has 0 unspecified atom stereocenters. The first-order valence-electron chi connectivity index (χ1n) is 8.95. The van der Waals surface area contributed by atoms with E-state index < -0.39 is 9.84 Å². The van der Waals surface area contributed by atoms with Crippen molar-refractivity contribution in [2.75, 3.05) is 37.3 Å². The first kappa shape index (κ1) is 18.8. The molecule has 0 saturated carbocycles. The van der Waals surface area contributed by atoms with Crippen LogP contribution < -0.4 is 4.90 Å². The van der Waals surface area contributed by atoms with E-state index in [-0.39, 0.29) is 10.8 Å². The molecule has 1 aliphatic rings. The third-order valence-electron chi connectivity index (χ3n) is 4.86. The van der Waals surface area contributed by atoms with E-state index >= 15 is 0 Å². The number of rotatable bonds is 3. The molecule has 0 N–H and O–H groups in total. The molecule has 1 aliphatic heterocycles. The summed E-state index contributed by atoms with van der Waals surface area (Å²) in [5, 5.41) is 4.49. The van der Waals surface area contributed by atoms with E-state index in [0.29, 0.717) is 36.4 Å². The van der Waals surface area contributed by atoms with Gasteiger partial charge in [0.05, 0.1) is 16.0 Å². The fraction of sp³-hybridized carbons (Fsp3) is 0.316. The lowest BCUT2D eigenvalue weighted by atomic mass is 10.2. The van der Waals surface area contributed by atoms with Crippen LogP contribution in [0.4, 0.5) is 5.82 Å². The standard InChI is InChI=1S/C19H20N4O3S2/c1-28(25,26)15-3-4-17-16(11-15)18(21-13-20-17)22-6-2-7-23(9-8-22)19(24)14-5-10-27-12-14/h3-5,10-13H,2,6-9H2,1H3. The van der Waals surface area contributed by atoms with E-state index in [9.17, 15) is 13.2 Å². The van der Waals surface area contributed by atoms with Crippen LogP contribution in [-0.2, 0) is 9.84 Å². The number of hydrogen-bond acceptors (Lipinski definition) is 7. The van der Waals surface area contributed by atoms with Gasteiger partial charge in [-0.25, -0.2) is 18.4 Å². The van der Waals surface area contributed by atoms with Crippen LogP contribution in [0.15, 0.2) is 46.2 Å². The normalized spacial score (nSPS) is 15.6. The van der Waals surface area contributed by atoms with Crippen LogP contribution in [0.25, 0.3) is 10.9 Å². The second-order valence-corrected chi connectivity index (χ2v) is 9.59. The van der Waals surface area contributed by atoms with Crippen molar-refractivity contribution in [1.29, 1.82) is 0 Å². The van der Waals surface area contributed by atoms with Crippen LogP contribution in [0.2, 0.25) is 0 Å².